The number of rotatable bonds is 5. The van der Waals surface area contributed by atoms with E-state index < -0.39 is 6.29 Å². The van der Waals surface area contributed by atoms with E-state index in [9.17, 15) is 4.79 Å². The molecule has 1 rings (SSSR count). The number of hydrogen-bond donors (Lipinski definition) is 2. The third-order valence-electron chi connectivity index (χ3n) is 2.10. The van der Waals surface area contributed by atoms with E-state index in [1.165, 1.54) is 14.2 Å². The number of methoxy groups -OCH3 is 2. The first kappa shape index (κ1) is 12.5. The van der Waals surface area contributed by atoms with Crippen LogP contribution in [0.2, 0.25) is 0 Å². The van der Waals surface area contributed by atoms with Crippen molar-refractivity contribution in [3.05, 3.63) is 29.8 Å². The van der Waals surface area contributed by atoms with Crippen LogP contribution in [0.25, 0.3) is 0 Å². The maximum absolute atomic E-state index is 11.7. The van der Waals surface area contributed by atoms with Crippen LogP contribution in [0.5, 0.6) is 0 Å². The molecule has 0 aliphatic rings. The minimum Gasteiger partial charge on any atom is -0.399 e. The summed E-state index contributed by atoms with van der Waals surface area (Å²) in [6.45, 7) is 0.292. The Labute approximate surface area is 94.5 Å². The van der Waals surface area contributed by atoms with Gasteiger partial charge < -0.3 is 20.5 Å². The molecule has 0 spiro atoms. The highest BCUT2D eigenvalue weighted by atomic mass is 16.7. The minimum absolute atomic E-state index is 0.202. The van der Waals surface area contributed by atoms with Crippen LogP contribution in [0, 0.1) is 0 Å². The van der Waals surface area contributed by atoms with Crippen molar-refractivity contribution in [2.75, 3.05) is 26.5 Å². The average molecular weight is 224 g/mol. The zero-order valence-electron chi connectivity index (χ0n) is 9.40. The normalized spacial score (nSPS) is 10.4. The van der Waals surface area contributed by atoms with Gasteiger partial charge in [0.15, 0.2) is 6.29 Å². The van der Waals surface area contributed by atoms with E-state index in [2.05, 4.69) is 5.32 Å². The first-order valence-electron chi connectivity index (χ1n) is 4.86. The lowest BCUT2D eigenvalue weighted by Gasteiger charge is -2.14. The minimum atomic E-state index is -0.440. The highest BCUT2D eigenvalue weighted by Crippen LogP contribution is 2.06. The lowest BCUT2D eigenvalue weighted by Crippen LogP contribution is -2.34. The molecule has 1 aromatic carbocycles. The zero-order chi connectivity index (χ0) is 12.0. The molecule has 0 heterocycles. The molecule has 0 fully saturated rings. The highest BCUT2D eigenvalue weighted by molar-refractivity contribution is 5.94. The van der Waals surface area contributed by atoms with Crippen molar-refractivity contribution in [1.82, 2.24) is 5.32 Å². The van der Waals surface area contributed by atoms with Gasteiger partial charge in [-0.25, -0.2) is 0 Å². The van der Waals surface area contributed by atoms with Crippen LogP contribution in [-0.4, -0.2) is 33.0 Å². The quantitative estimate of drug-likeness (QED) is 0.568. The molecule has 0 bridgehead atoms. The SMILES string of the molecule is COC(CNC(=O)c1cccc(N)c1)OC. The smallest absolute Gasteiger partial charge is 0.251 e. The average Bonchev–Trinajstić information content (AvgIpc) is 2.30. The first-order chi connectivity index (χ1) is 7.67. The van der Waals surface area contributed by atoms with Gasteiger partial charge in [-0.3, -0.25) is 4.79 Å². The Hall–Kier alpha value is -1.59. The summed E-state index contributed by atoms with van der Waals surface area (Å²) >= 11 is 0. The van der Waals surface area contributed by atoms with Crippen molar-refractivity contribution < 1.29 is 14.3 Å². The fourth-order valence-corrected chi connectivity index (χ4v) is 1.22. The Kier molecular flexibility index (Phi) is 4.75. The number of benzene rings is 1. The van der Waals surface area contributed by atoms with Crippen LogP contribution < -0.4 is 11.1 Å². The molecular weight excluding hydrogens is 208 g/mol. The van der Waals surface area contributed by atoms with E-state index in [4.69, 9.17) is 15.2 Å². The van der Waals surface area contributed by atoms with E-state index in [1.54, 1.807) is 24.3 Å². The van der Waals surface area contributed by atoms with Gasteiger partial charge in [-0.15, -0.1) is 0 Å². The summed E-state index contributed by atoms with van der Waals surface area (Å²) in [4.78, 5) is 11.7. The molecule has 1 amide bonds. The van der Waals surface area contributed by atoms with Crippen LogP contribution in [0.3, 0.4) is 0 Å². The van der Waals surface area contributed by atoms with E-state index in [-0.39, 0.29) is 5.91 Å². The van der Waals surface area contributed by atoms with E-state index in [0.29, 0.717) is 17.8 Å². The standard InChI is InChI=1S/C11H16N2O3/c1-15-10(16-2)7-13-11(14)8-4-3-5-9(12)6-8/h3-6,10H,7,12H2,1-2H3,(H,13,14). The molecule has 16 heavy (non-hydrogen) atoms. The molecule has 1 aromatic rings. The summed E-state index contributed by atoms with van der Waals surface area (Å²) in [6, 6.07) is 6.77. The number of anilines is 1. The van der Waals surface area contributed by atoms with Crippen molar-refractivity contribution >= 4 is 11.6 Å². The third-order valence-corrected chi connectivity index (χ3v) is 2.10. The van der Waals surface area contributed by atoms with Gasteiger partial charge >= 0.3 is 0 Å². The molecule has 0 unspecified atom stereocenters. The second kappa shape index (κ2) is 6.09. The van der Waals surface area contributed by atoms with Gasteiger partial charge in [0.1, 0.15) is 0 Å². The molecule has 3 N–H and O–H groups in total. The van der Waals surface area contributed by atoms with Gasteiger partial charge in [0.05, 0.1) is 6.54 Å². The molecule has 0 aromatic heterocycles. The molecule has 0 aliphatic carbocycles. The predicted octanol–water partition coefficient (Wildman–Crippen LogP) is 0.617. The summed E-state index contributed by atoms with van der Waals surface area (Å²) in [5.74, 6) is -0.202. The van der Waals surface area contributed by atoms with Crippen molar-refractivity contribution in [2.45, 2.75) is 6.29 Å². The Morgan fingerprint density at radius 2 is 2.12 bits per heavy atom. The molecule has 5 nitrogen and oxygen atoms in total. The number of hydrogen-bond acceptors (Lipinski definition) is 4. The number of carbonyl (C=O) groups excluding carboxylic acids is 1. The first-order valence-corrected chi connectivity index (χ1v) is 4.86. The molecule has 5 heteroatoms. The molecule has 88 valence electrons. The van der Waals surface area contributed by atoms with Crippen molar-refractivity contribution in [2.24, 2.45) is 0 Å². The zero-order valence-corrected chi connectivity index (χ0v) is 9.40. The second-order valence-electron chi connectivity index (χ2n) is 3.24. The Morgan fingerprint density at radius 3 is 2.69 bits per heavy atom. The molecular formula is C11H16N2O3. The summed E-state index contributed by atoms with van der Waals surface area (Å²) in [5, 5.41) is 2.68. The monoisotopic (exact) mass is 224 g/mol. The number of nitrogens with two attached hydrogens (primary N) is 1. The lowest BCUT2D eigenvalue weighted by atomic mass is 10.2. The van der Waals surface area contributed by atoms with Gasteiger partial charge in [0.2, 0.25) is 0 Å². The third kappa shape index (κ3) is 3.52. The fraction of sp³-hybridized carbons (Fsp3) is 0.364. The summed E-state index contributed by atoms with van der Waals surface area (Å²) in [6.07, 6.45) is -0.440. The van der Waals surface area contributed by atoms with Crippen molar-refractivity contribution in [3.63, 3.8) is 0 Å². The summed E-state index contributed by atoms with van der Waals surface area (Å²) in [5.41, 5.74) is 6.65. The van der Waals surface area contributed by atoms with Gasteiger partial charge in [-0.05, 0) is 18.2 Å². The van der Waals surface area contributed by atoms with Crippen LogP contribution >= 0.6 is 0 Å². The maximum Gasteiger partial charge on any atom is 0.251 e. The van der Waals surface area contributed by atoms with E-state index >= 15 is 0 Å². The summed E-state index contributed by atoms with van der Waals surface area (Å²) < 4.78 is 9.90. The molecule has 0 radical (unpaired) electrons. The van der Waals surface area contributed by atoms with Crippen molar-refractivity contribution in [3.8, 4) is 0 Å². The number of nitrogen functional groups attached to an aromatic ring is 1. The number of nitrogens with one attached hydrogen (secondary N) is 1. The molecule has 0 aliphatic heterocycles. The van der Waals surface area contributed by atoms with Gasteiger partial charge in [-0.1, -0.05) is 6.07 Å². The Bertz CT molecular complexity index is 351. The van der Waals surface area contributed by atoms with Crippen LogP contribution in [-0.2, 0) is 9.47 Å². The predicted molar refractivity (Wildman–Crippen MR) is 61.0 cm³/mol. The summed E-state index contributed by atoms with van der Waals surface area (Å²) in [7, 11) is 3.03. The van der Waals surface area contributed by atoms with Gasteiger partial charge in [-0.2, -0.15) is 0 Å². The number of ether oxygens (including phenoxy) is 2. The van der Waals surface area contributed by atoms with Gasteiger partial charge in [0, 0.05) is 25.5 Å². The molecule has 0 saturated carbocycles. The van der Waals surface area contributed by atoms with Gasteiger partial charge in [0.25, 0.3) is 5.91 Å². The fourth-order valence-electron chi connectivity index (χ4n) is 1.22. The Morgan fingerprint density at radius 1 is 1.44 bits per heavy atom. The second-order valence-corrected chi connectivity index (χ2v) is 3.24. The van der Waals surface area contributed by atoms with E-state index in [1.807, 2.05) is 0 Å². The van der Waals surface area contributed by atoms with Crippen molar-refractivity contribution in [1.29, 1.82) is 0 Å². The van der Waals surface area contributed by atoms with Crippen LogP contribution in [0.1, 0.15) is 10.4 Å². The number of carbonyl (C=O) groups is 1. The van der Waals surface area contributed by atoms with Crippen LogP contribution in [0.4, 0.5) is 5.69 Å². The number of amides is 1. The van der Waals surface area contributed by atoms with Crippen LogP contribution in [0.15, 0.2) is 24.3 Å². The Balaban J connectivity index is 2.52. The lowest BCUT2D eigenvalue weighted by molar-refractivity contribution is -0.0974. The molecule has 0 saturated heterocycles. The largest absolute Gasteiger partial charge is 0.399 e. The topological polar surface area (TPSA) is 73.6 Å². The molecule has 0 atom stereocenters. The maximum atomic E-state index is 11.7. The van der Waals surface area contributed by atoms with E-state index in [0.717, 1.165) is 0 Å². The highest BCUT2D eigenvalue weighted by Gasteiger charge is 2.09.